The lowest BCUT2D eigenvalue weighted by atomic mass is 10.1. The molecule has 1 aromatic carbocycles. The first kappa shape index (κ1) is 24.8. The highest BCUT2D eigenvalue weighted by Gasteiger charge is 2.30. The fourth-order valence-electron chi connectivity index (χ4n) is 3.04. The van der Waals surface area contributed by atoms with Crippen LogP contribution in [0.5, 0.6) is 5.75 Å². The molecule has 0 spiro atoms. The molecule has 0 amide bonds. The van der Waals surface area contributed by atoms with E-state index in [-0.39, 0.29) is 29.7 Å². The number of hydrogen-bond acceptors (Lipinski definition) is 3. The van der Waals surface area contributed by atoms with E-state index in [1.807, 2.05) is 13.8 Å². The molecule has 1 aliphatic heterocycles. The molecular formula is C19H29F3IN3O2. The highest BCUT2D eigenvalue weighted by molar-refractivity contribution is 14.0. The van der Waals surface area contributed by atoms with Crippen molar-refractivity contribution in [2.75, 3.05) is 32.8 Å². The number of alkyl halides is 3. The molecule has 5 nitrogen and oxygen atoms in total. The second-order valence-corrected chi connectivity index (χ2v) is 6.32. The molecule has 1 N–H and O–H groups in total. The Bertz CT molecular complexity index is 589. The summed E-state index contributed by atoms with van der Waals surface area (Å²) < 4.78 is 46.1. The van der Waals surface area contributed by atoms with Crippen molar-refractivity contribution in [1.82, 2.24) is 10.2 Å². The second-order valence-electron chi connectivity index (χ2n) is 6.32. The minimum Gasteiger partial charge on any atom is -0.406 e. The number of nitrogens with zero attached hydrogens (tertiary/aromatic N) is 2. The van der Waals surface area contributed by atoms with Crippen LogP contribution in [-0.2, 0) is 11.2 Å². The molecule has 1 saturated heterocycles. The summed E-state index contributed by atoms with van der Waals surface area (Å²) in [6, 6.07) is 5.93. The number of benzene rings is 1. The van der Waals surface area contributed by atoms with Gasteiger partial charge in [-0.05, 0) is 50.8 Å². The fourth-order valence-corrected chi connectivity index (χ4v) is 3.04. The highest BCUT2D eigenvalue weighted by Crippen LogP contribution is 2.22. The van der Waals surface area contributed by atoms with Crippen LogP contribution in [0.2, 0.25) is 0 Å². The summed E-state index contributed by atoms with van der Waals surface area (Å²) in [6.45, 7) is 7.94. The van der Waals surface area contributed by atoms with Gasteiger partial charge in [-0.3, -0.25) is 4.99 Å². The van der Waals surface area contributed by atoms with Crippen LogP contribution >= 0.6 is 24.0 Å². The van der Waals surface area contributed by atoms with E-state index in [4.69, 9.17) is 4.74 Å². The van der Waals surface area contributed by atoms with E-state index in [1.165, 1.54) is 12.1 Å². The van der Waals surface area contributed by atoms with E-state index in [1.54, 1.807) is 12.1 Å². The van der Waals surface area contributed by atoms with Gasteiger partial charge in [-0.15, -0.1) is 37.1 Å². The van der Waals surface area contributed by atoms with Crippen LogP contribution in [0.15, 0.2) is 29.3 Å². The zero-order valence-electron chi connectivity index (χ0n) is 16.3. The number of halogens is 4. The summed E-state index contributed by atoms with van der Waals surface area (Å²) in [5, 5.41) is 3.31. The molecule has 9 heteroatoms. The van der Waals surface area contributed by atoms with E-state index in [0.29, 0.717) is 19.1 Å². The Hall–Kier alpha value is -1.23. The van der Waals surface area contributed by atoms with E-state index >= 15 is 0 Å². The molecule has 0 radical (unpaired) electrons. The molecule has 28 heavy (non-hydrogen) atoms. The summed E-state index contributed by atoms with van der Waals surface area (Å²) in [4.78, 5) is 6.90. The lowest BCUT2D eigenvalue weighted by Gasteiger charge is -2.34. The molecule has 1 aliphatic rings. The summed E-state index contributed by atoms with van der Waals surface area (Å²) in [5.74, 6) is 0.671. The number of guanidine groups is 1. The predicted molar refractivity (Wildman–Crippen MR) is 114 cm³/mol. The Kier molecular flexibility index (Phi) is 10.9. The van der Waals surface area contributed by atoms with Gasteiger partial charge < -0.3 is 19.7 Å². The topological polar surface area (TPSA) is 46.1 Å². The van der Waals surface area contributed by atoms with Gasteiger partial charge in [0.25, 0.3) is 0 Å². The Labute approximate surface area is 181 Å². The number of ether oxygens (including phenoxy) is 2. The minimum atomic E-state index is -4.66. The first-order valence-corrected chi connectivity index (χ1v) is 9.40. The van der Waals surface area contributed by atoms with Gasteiger partial charge in [-0.2, -0.15) is 0 Å². The van der Waals surface area contributed by atoms with Crippen molar-refractivity contribution >= 4 is 29.9 Å². The molecule has 0 bridgehead atoms. The number of rotatable bonds is 7. The van der Waals surface area contributed by atoms with Crippen LogP contribution in [0.1, 0.15) is 32.3 Å². The molecular weight excluding hydrogens is 486 g/mol. The number of piperidine rings is 1. The summed E-state index contributed by atoms with van der Waals surface area (Å²) >= 11 is 0. The van der Waals surface area contributed by atoms with Gasteiger partial charge in [0.15, 0.2) is 5.96 Å². The zero-order valence-corrected chi connectivity index (χ0v) is 18.6. The van der Waals surface area contributed by atoms with E-state index in [2.05, 4.69) is 19.9 Å². The fraction of sp³-hybridized carbons (Fsp3) is 0.632. The Morgan fingerprint density at radius 1 is 1.18 bits per heavy atom. The van der Waals surface area contributed by atoms with Crippen molar-refractivity contribution in [3.8, 4) is 5.75 Å². The van der Waals surface area contributed by atoms with E-state index < -0.39 is 6.36 Å². The van der Waals surface area contributed by atoms with Crippen molar-refractivity contribution in [1.29, 1.82) is 0 Å². The van der Waals surface area contributed by atoms with Crippen LogP contribution in [0.4, 0.5) is 13.2 Å². The van der Waals surface area contributed by atoms with Crippen LogP contribution in [0, 0.1) is 0 Å². The van der Waals surface area contributed by atoms with Crippen molar-refractivity contribution in [3.05, 3.63) is 29.8 Å². The molecule has 1 fully saturated rings. The highest BCUT2D eigenvalue weighted by atomic mass is 127. The monoisotopic (exact) mass is 515 g/mol. The zero-order chi connectivity index (χ0) is 19.7. The van der Waals surface area contributed by atoms with Crippen LogP contribution in [0.25, 0.3) is 0 Å². The second kappa shape index (κ2) is 12.4. The predicted octanol–water partition coefficient (Wildman–Crippen LogP) is 4.21. The third-order valence-electron chi connectivity index (χ3n) is 4.30. The smallest absolute Gasteiger partial charge is 0.406 e. The van der Waals surface area contributed by atoms with Gasteiger partial charge in [0, 0.05) is 32.8 Å². The molecule has 0 saturated carbocycles. The maximum atomic E-state index is 12.2. The Morgan fingerprint density at radius 2 is 1.82 bits per heavy atom. The Balaban J connectivity index is 0.00000392. The maximum Gasteiger partial charge on any atom is 0.573 e. The third-order valence-corrected chi connectivity index (χ3v) is 4.30. The van der Waals surface area contributed by atoms with Gasteiger partial charge in [0.1, 0.15) is 5.75 Å². The van der Waals surface area contributed by atoms with Crippen molar-refractivity contribution in [2.24, 2.45) is 4.99 Å². The van der Waals surface area contributed by atoms with E-state index in [9.17, 15) is 13.2 Å². The number of hydrogen-bond donors (Lipinski definition) is 1. The average Bonchev–Trinajstić information content (AvgIpc) is 2.62. The Morgan fingerprint density at radius 3 is 2.36 bits per heavy atom. The van der Waals surface area contributed by atoms with Crippen LogP contribution in [-0.4, -0.2) is 56.1 Å². The molecule has 0 atom stereocenters. The van der Waals surface area contributed by atoms with Crippen LogP contribution in [0.3, 0.4) is 0 Å². The van der Waals surface area contributed by atoms with Crippen LogP contribution < -0.4 is 10.1 Å². The van der Waals surface area contributed by atoms with Gasteiger partial charge in [0.05, 0.1) is 6.10 Å². The van der Waals surface area contributed by atoms with Crippen molar-refractivity contribution in [2.45, 2.75) is 45.6 Å². The molecule has 2 rings (SSSR count). The van der Waals surface area contributed by atoms with Crippen molar-refractivity contribution < 1.29 is 22.6 Å². The lowest BCUT2D eigenvalue weighted by Crippen LogP contribution is -2.47. The molecule has 0 aliphatic carbocycles. The largest absolute Gasteiger partial charge is 0.573 e. The summed E-state index contributed by atoms with van der Waals surface area (Å²) in [7, 11) is 0. The summed E-state index contributed by atoms with van der Waals surface area (Å²) in [6.07, 6.45) is -1.72. The first-order chi connectivity index (χ1) is 12.9. The number of aliphatic imine (C=N–C) groups is 1. The molecule has 160 valence electrons. The van der Waals surface area contributed by atoms with Gasteiger partial charge in [-0.25, -0.2) is 0 Å². The van der Waals surface area contributed by atoms with Gasteiger partial charge in [-0.1, -0.05) is 12.1 Å². The molecule has 0 unspecified atom stereocenters. The molecule has 1 aromatic rings. The number of likely N-dealkylation sites (tertiary alicyclic amines) is 1. The lowest BCUT2D eigenvalue weighted by molar-refractivity contribution is -0.274. The standard InChI is InChI=1S/C19H28F3N3O2.HI/c1-3-23-18(25-13-10-16(11-14-25)26-4-2)24-12-9-15-5-7-17(8-6-15)27-19(20,21)22;/h5-8,16H,3-4,9-14H2,1-2H3,(H,23,24);1H. The summed E-state index contributed by atoms with van der Waals surface area (Å²) in [5.41, 5.74) is 0.916. The average molecular weight is 515 g/mol. The molecule has 1 heterocycles. The van der Waals surface area contributed by atoms with Crippen molar-refractivity contribution in [3.63, 3.8) is 0 Å². The van der Waals surface area contributed by atoms with Gasteiger partial charge in [0.2, 0.25) is 0 Å². The maximum absolute atomic E-state index is 12.2. The third kappa shape index (κ3) is 8.85. The normalized spacial score (nSPS) is 15.9. The first-order valence-electron chi connectivity index (χ1n) is 9.40. The SMILES string of the molecule is CCNC(=NCCc1ccc(OC(F)(F)F)cc1)N1CCC(OCC)CC1.I. The quantitative estimate of drug-likeness (QED) is 0.336. The van der Waals surface area contributed by atoms with Gasteiger partial charge >= 0.3 is 6.36 Å². The minimum absolute atomic E-state index is 0. The van der Waals surface area contributed by atoms with E-state index in [0.717, 1.165) is 50.6 Å². The number of nitrogens with one attached hydrogen (secondary N) is 1. The molecule has 0 aromatic heterocycles.